The molecule has 0 bridgehead atoms. The molecule has 2 aromatic heterocycles. The van der Waals surface area contributed by atoms with Gasteiger partial charge in [0.05, 0.1) is 23.1 Å². The van der Waals surface area contributed by atoms with Crippen LogP contribution >= 0.6 is 0 Å². The van der Waals surface area contributed by atoms with Crippen LogP contribution in [0.5, 0.6) is 5.75 Å². The molecular weight excluding hydrogens is 332 g/mol. The Hall–Kier alpha value is -2.79. The maximum absolute atomic E-state index is 11.5. The Morgan fingerprint density at radius 2 is 2.04 bits per heavy atom. The Bertz CT molecular complexity index is 1070. The smallest absolute Gasteiger partial charge is 0.336 e. The van der Waals surface area contributed by atoms with Gasteiger partial charge in [-0.3, -0.25) is 0 Å². The summed E-state index contributed by atoms with van der Waals surface area (Å²) in [5.41, 5.74) is 2.94. The molecule has 5 nitrogen and oxygen atoms in total. The maximum Gasteiger partial charge on any atom is 0.336 e. The van der Waals surface area contributed by atoms with Crippen LogP contribution in [0.2, 0.25) is 0 Å². The second-order valence-electron chi connectivity index (χ2n) is 6.71. The van der Waals surface area contributed by atoms with Gasteiger partial charge in [0, 0.05) is 12.1 Å². The van der Waals surface area contributed by atoms with E-state index in [1.807, 2.05) is 19.1 Å². The van der Waals surface area contributed by atoms with E-state index < -0.39 is 5.63 Å². The van der Waals surface area contributed by atoms with Gasteiger partial charge >= 0.3 is 5.63 Å². The molecular formula is C21H20O5. The van der Waals surface area contributed by atoms with Crippen LogP contribution in [0.1, 0.15) is 20.3 Å². The number of benzene rings is 1. The zero-order chi connectivity index (χ0) is 18.3. The number of ether oxygens (including phenoxy) is 2. The van der Waals surface area contributed by atoms with E-state index in [9.17, 15) is 4.79 Å². The van der Waals surface area contributed by atoms with E-state index >= 15 is 0 Å². The van der Waals surface area contributed by atoms with E-state index in [0.29, 0.717) is 23.5 Å². The van der Waals surface area contributed by atoms with Gasteiger partial charge in [0.1, 0.15) is 29.6 Å². The Balaban J connectivity index is 1.54. The first-order valence-corrected chi connectivity index (χ1v) is 8.56. The SMILES string of the molecule is C=C(C)C1OC1C/C(C)=C/COc1c2ccoc2cc2oc(=O)ccc12. The van der Waals surface area contributed by atoms with Crippen molar-refractivity contribution in [3.05, 3.63) is 64.7 Å². The topological polar surface area (TPSA) is 65.1 Å². The lowest BCUT2D eigenvalue weighted by Gasteiger charge is -2.09. The van der Waals surface area contributed by atoms with Gasteiger partial charge in [-0.15, -0.1) is 0 Å². The minimum absolute atomic E-state index is 0.186. The molecule has 1 fully saturated rings. The second-order valence-corrected chi connectivity index (χ2v) is 6.71. The zero-order valence-electron chi connectivity index (χ0n) is 14.8. The molecule has 2 atom stereocenters. The van der Waals surface area contributed by atoms with Gasteiger partial charge in [-0.25, -0.2) is 4.79 Å². The molecule has 26 heavy (non-hydrogen) atoms. The van der Waals surface area contributed by atoms with Crippen LogP contribution in [0.25, 0.3) is 21.9 Å². The van der Waals surface area contributed by atoms with Crippen LogP contribution < -0.4 is 10.4 Å². The number of furan rings is 1. The molecule has 0 saturated carbocycles. The van der Waals surface area contributed by atoms with Crippen molar-refractivity contribution < 1.29 is 18.3 Å². The summed E-state index contributed by atoms with van der Waals surface area (Å²) < 4.78 is 22.3. The van der Waals surface area contributed by atoms with Crippen molar-refractivity contribution in [3.8, 4) is 5.75 Å². The summed E-state index contributed by atoms with van der Waals surface area (Å²) in [5, 5.41) is 1.60. The highest BCUT2D eigenvalue weighted by Crippen LogP contribution is 2.35. The summed E-state index contributed by atoms with van der Waals surface area (Å²) >= 11 is 0. The molecule has 0 spiro atoms. The number of hydrogen-bond donors (Lipinski definition) is 0. The number of rotatable bonds is 6. The predicted molar refractivity (Wildman–Crippen MR) is 99.6 cm³/mol. The predicted octanol–water partition coefficient (Wildman–Crippen LogP) is 4.60. The standard InChI is InChI=1S/C21H20O5/c1-12(2)20-18(26-20)10-13(3)6-8-24-21-14-4-5-19(22)25-17(14)11-16-15(21)7-9-23-16/h4-7,9,11,18,20H,1,8,10H2,2-3H3/b13-6+. The Morgan fingerprint density at radius 1 is 1.23 bits per heavy atom. The van der Waals surface area contributed by atoms with E-state index in [-0.39, 0.29) is 12.2 Å². The minimum Gasteiger partial charge on any atom is -0.488 e. The molecule has 0 aliphatic carbocycles. The molecule has 1 saturated heterocycles. The molecule has 5 heteroatoms. The molecule has 1 aliphatic heterocycles. The summed E-state index contributed by atoms with van der Waals surface area (Å²) in [6.45, 7) is 8.39. The van der Waals surface area contributed by atoms with Crippen LogP contribution in [0.3, 0.4) is 0 Å². The van der Waals surface area contributed by atoms with Crippen LogP contribution in [-0.4, -0.2) is 18.8 Å². The molecule has 4 rings (SSSR count). The van der Waals surface area contributed by atoms with Crippen molar-refractivity contribution in [2.24, 2.45) is 0 Å². The van der Waals surface area contributed by atoms with Crippen molar-refractivity contribution in [2.75, 3.05) is 6.61 Å². The average Bonchev–Trinajstić information content (AvgIpc) is 3.20. The second kappa shape index (κ2) is 6.50. The number of epoxide rings is 1. The Labute approximate surface area is 150 Å². The quantitative estimate of drug-likeness (QED) is 0.368. The summed E-state index contributed by atoms with van der Waals surface area (Å²) in [6.07, 6.45) is 4.92. The normalized spacial score (nSPS) is 19.8. The summed E-state index contributed by atoms with van der Waals surface area (Å²) in [5.74, 6) is 0.654. The number of hydrogen-bond acceptors (Lipinski definition) is 5. The Kier molecular flexibility index (Phi) is 4.17. The molecule has 0 radical (unpaired) electrons. The van der Waals surface area contributed by atoms with E-state index in [2.05, 4.69) is 13.5 Å². The van der Waals surface area contributed by atoms with Crippen LogP contribution in [0.15, 0.2) is 68.0 Å². The molecule has 134 valence electrons. The molecule has 3 heterocycles. The zero-order valence-corrected chi connectivity index (χ0v) is 14.8. The molecule has 1 aromatic carbocycles. The lowest BCUT2D eigenvalue weighted by molar-refractivity contribution is 0.366. The summed E-state index contributed by atoms with van der Waals surface area (Å²) in [4.78, 5) is 11.5. The van der Waals surface area contributed by atoms with Gasteiger partial charge in [-0.2, -0.15) is 0 Å². The van der Waals surface area contributed by atoms with E-state index in [1.165, 1.54) is 11.6 Å². The highest BCUT2D eigenvalue weighted by Gasteiger charge is 2.38. The largest absolute Gasteiger partial charge is 0.488 e. The van der Waals surface area contributed by atoms with Gasteiger partial charge in [0.25, 0.3) is 0 Å². The molecule has 1 aliphatic rings. The van der Waals surface area contributed by atoms with Crippen LogP contribution in [0, 0.1) is 0 Å². The minimum atomic E-state index is -0.401. The van der Waals surface area contributed by atoms with Crippen molar-refractivity contribution in [1.82, 2.24) is 0 Å². The van der Waals surface area contributed by atoms with E-state index in [4.69, 9.17) is 18.3 Å². The lowest BCUT2D eigenvalue weighted by atomic mass is 10.1. The van der Waals surface area contributed by atoms with Crippen molar-refractivity contribution in [3.63, 3.8) is 0 Å². The third kappa shape index (κ3) is 3.18. The highest BCUT2D eigenvalue weighted by molar-refractivity contribution is 6.01. The van der Waals surface area contributed by atoms with Gasteiger partial charge < -0.3 is 18.3 Å². The first kappa shape index (κ1) is 16.7. The first-order valence-electron chi connectivity index (χ1n) is 8.56. The van der Waals surface area contributed by atoms with E-state index in [0.717, 1.165) is 22.8 Å². The summed E-state index contributed by atoms with van der Waals surface area (Å²) in [7, 11) is 0. The van der Waals surface area contributed by atoms with Gasteiger partial charge in [-0.1, -0.05) is 12.2 Å². The first-order chi connectivity index (χ1) is 12.5. The third-order valence-corrected chi connectivity index (χ3v) is 4.56. The molecule has 3 aromatic rings. The highest BCUT2D eigenvalue weighted by atomic mass is 16.6. The van der Waals surface area contributed by atoms with E-state index in [1.54, 1.807) is 18.4 Å². The number of fused-ring (bicyclic) bond motifs is 2. The fourth-order valence-electron chi connectivity index (χ4n) is 3.17. The molecule has 2 unspecified atom stereocenters. The molecule has 0 amide bonds. The monoisotopic (exact) mass is 352 g/mol. The van der Waals surface area contributed by atoms with Crippen molar-refractivity contribution in [1.29, 1.82) is 0 Å². The maximum atomic E-state index is 11.5. The van der Waals surface area contributed by atoms with Gasteiger partial charge in [0.2, 0.25) is 0 Å². The fraction of sp³-hybridized carbons (Fsp3) is 0.286. The fourth-order valence-corrected chi connectivity index (χ4v) is 3.17. The summed E-state index contributed by atoms with van der Waals surface area (Å²) in [6, 6.07) is 6.67. The molecule has 0 N–H and O–H groups in total. The lowest BCUT2D eigenvalue weighted by Crippen LogP contribution is -2.00. The van der Waals surface area contributed by atoms with Crippen molar-refractivity contribution in [2.45, 2.75) is 32.5 Å². The van der Waals surface area contributed by atoms with Gasteiger partial charge in [0.15, 0.2) is 0 Å². The Morgan fingerprint density at radius 3 is 2.81 bits per heavy atom. The van der Waals surface area contributed by atoms with Crippen LogP contribution in [0.4, 0.5) is 0 Å². The average molecular weight is 352 g/mol. The van der Waals surface area contributed by atoms with Gasteiger partial charge in [-0.05, 0) is 44.1 Å². The van der Waals surface area contributed by atoms with Crippen LogP contribution in [-0.2, 0) is 4.74 Å². The van der Waals surface area contributed by atoms with Crippen molar-refractivity contribution >= 4 is 21.9 Å². The third-order valence-electron chi connectivity index (χ3n) is 4.56.